The molecule has 6 heteroatoms. The second-order valence-corrected chi connectivity index (χ2v) is 10.7. The Kier molecular flexibility index (Phi) is 7.55. The van der Waals surface area contributed by atoms with Crippen molar-refractivity contribution < 1.29 is 13.2 Å². The molecule has 0 aliphatic heterocycles. The van der Waals surface area contributed by atoms with Crippen molar-refractivity contribution in [2.75, 3.05) is 4.72 Å². The van der Waals surface area contributed by atoms with Crippen molar-refractivity contribution in [3.05, 3.63) is 130 Å². The first-order valence-electron chi connectivity index (χ1n) is 11.8. The van der Waals surface area contributed by atoms with E-state index in [1.807, 2.05) is 80.6 Å². The molecule has 4 rings (SSSR count). The van der Waals surface area contributed by atoms with Crippen molar-refractivity contribution in [2.24, 2.45) is 0 Å². The largest absolute Gasteiger partial charge is 0.330 e. The van der Waals surface area contributed by atoms with Crippen LogP contribution in [0.15, 0.2) is 102 Å². The van der Waals surface area contributed by atoms with E-state index in [0.717, 1.165) is 22.3 Å². The van der Waals surface area contributed by atoms with Crippen molar-refractivity contribution >= 4 is 21.6 Å². The molecular formula is C30H30N2O3S. The number of amides is 1. The van der Waals surface area contributed by atoms with E-state index in [0.29, 0.717) is 29.9 Å². The van der Waals surface area contributed by atoms with Crippen LogP contribution in [0.1, 0.15) is 38.2 Å². The number of nitrogens with one attached hydrogen (secondary N) is 1. The summed E-state index contributed by atoms with van der Waals surface area (Å²) in [6.45, 7) is 6.46. The number of hydrogen-bond acceptors (Lipinski definition) is 3. The highest BCUT2D eigenvalue weighted by Gasteiger charge is 2.22. The van der Waals surface area contributed by atoms with E-state index in [4.69, 9.17) is 0 Å². The third-order valence-corrected chi connectivity index (χ3v) is 7.73. The van der Waals surface area contributed by atoms with Crippen LogP contribution in [0.3, 0.4) is 0 Å². The Bertz CT molecular complexity index is 1430. The molecule has 1 N–H and O–H groups in total. The third-order valence-electron chi connectivity index (χ3n) is 6.20. The van der Waals surface area contributed by atoms with Crippen LogP contribution < -0.4 is 4.72 Å². The minimum absolute atomic E-state index is 0.0888. The van der Waals surface area contributed by atoms with Gasteiger partial charge in [-0.1, -0.05) is 72.8 Å². The first-order valence-corrected chi connectivity index (χ1v) is 13.3. The molecule has 0 saturated carbocycles. The summed E-state index contributed by atoms with van der Waals surface area (Å²) in [5.41, 5.74) is 5.46. The summed E-state index contributed by atoms with van der Waals surface area (Å²) in [4.78, 5) is 15.5. The van der Waals surface area contributed by atoms with E-state index < -0.39 is 10.0 Å². The van der Waals surface area contributed by atoms with Crippen LogP contribution in [0.5, 0.6) is 0 Å². The fourth-order valence-corrected chi connectivity index (χ4v) is 5.35. The monoisotopic (exact) mass is 498 g/mol. The lowest BCUT2D eigenvalue weighted by atomic mass is 10.1. The van der Waals surface area contributed by atoms with Gasteiger partial charge in [-0.15, -0.1) is 0 Å². The number of hydrogen-bond donors (Lipinski definition) is 1. The van der Waals surface area contributed by atoms with Gasteiger partial charge in [0.15, 0.2) is 0 Å². The fraction of sp³-hybridized carbons (Fsp3) is 0.167. The highest BCUT2D eigenvalue weighted by molar-refractivity contribution is 7.92. The van der Waals surface area contributed by atoms with Gasteiger partial charge in [-0.3, -0.25) is 9.52 Å². The number of nitrogens with zero attached hydrogens (tertiary/aromatic N) is 1. The molecule has 0 aliphatic carbocycles. The molecule has 0 fully saturated rings. The Labute approximate surface area is 213 Å². The van der Waals surface area contributed by atoms with E-state index in [-0.39, 0.29) is 10.8 Å². The highest BCUT2D eigenvalue weighted by atomic mass is 32.2. The summed E-state index contributed by atoms with van der Waals surface area (Å²) in [5, 5.41) is 0. The maximum absolute atomic E-state index is 13.7. The number of carbonyl (C=O) groups excluding carboxylic acids is 1. The average molecular weight is 499 g/mol. The van der Waals surface area contributed by atoms with Crippen LogP contribution in [0.2, 0.25) is 0 Å². The molecule has 0 atom stereocenters. The molecule has 5 nitrogen and oxygen atoms in total. The van der Waals surface area contributed by atoms with Crippen LogP contribution in [-0.2, 0) is 23.1 Å². The molecule has 0 aliphatic rings. The van der Waals surface area contributed by atoms with Crippen molar-refractivity contribution in [1.82, 2.24) is 4.90 Å². The number of aryl methyl sites for hydroxylation is 3. The van der Waals surface area contributed by atoms with Crippen molar-refractivity contribution in [1.29, 1.82) is 0 Å². The van der Waals surface area contributed by atoms with Gasteiger partial charge in [-0.2, -0.15) is 0 Å². The Hall–Kier alpha value is -3.90. The van der Waals surface area contributed by atoms with Gasteiger partial charge in [0.25, 0.3) is 15.9 Å². The van der Waals surface area contributed by atoms with E-state index in [1.54, 1.807) is 36.1 Å². The topological polar surface area (TPSA) is 66.5 Å². The van der Waals surface area contributed by atoms with Crippen molar-refractivity contribution in [3.63, 3.8) is 0 Å². The third kappa shape index (κ3) is 6.01. The summed E-state index contributed by atoms with van der Waals surface area (Å²) in [6, 6.07) is 29.8. The van der Waals surface area contributed by atoms with E-state index >= 15 is 0 Å². The maximum Gasteiger partial charge on any atom is 0.262 e. The standard InChI is InChI=1S/C30H30N2O3S/c1-22-15-17-28(18-24(22)3)31-36(34,35)29-19-27(16-14-23(29)2)30(33)32(20-25-10-6-4-7-11-25)21-26-12-8-5-9-13-26/h4-19,31H,20-21H2,1-3H3. The molecule has 0 aromatic heterocycles. The van der Waals surface area contributed by atoms with Crippen LogP contribution >= 0.6 is 0 Å². The highest BCUT2D eigenvalue weighted by Crippen LogP contribution is 2.24. The molecule has 0 saturated heterocycles. The molecule has 0 spiro atoms. The minimum Gasteiger partial charge on any atom is -0.330 e. The van der Waals surface area contributed by atoms with Gasteiger partial charge >= 0.3 is 0 Å². The molecule has 0 radical (unpaired) electrons. The Balaban J connectivity index is 1.65. The zero-order chi connectivity index (χ0) is 25.7. The van der Waals surface area contributed by atoms with Crippen LogP contribution in [0.25, 0.3) is 0 Å². The molecule has 0 heterocycles. The van der Waals surface area contributed by atoms with E-state index in [1.165, 1.54) is 6.07 Å². The summed E-state index contributed by atoms with van der Waals surface area (Å²) < 4.78 is 29.3. The first kappa shape index (κ1) is 25.2. The zero-order valence-electron chi connectivity index (χ0n) is 20.7. The summed E-state index contributed by atoms with van der Waals surface area (Å²) >= 11 is 0. The molecule has 4 aromatic rings. The van der Waals surface area contributed by atoms with E-state index in [2.05, 4.69) is 4.72 Å². The smallest absolute Gasteiger partial charge is 0.262 e. The maximum atomic E-state index is 13.7. The molecule has 1 amide bonds. The van der Waals surface area contributed by atoms with E-state index in [9.17, 15) is 13.2 Å². The van der Waals surface area contributed by atoms with Crippen molar-refractivity contribution in [2.45, 2.75) is 38.8 Å². The molecule has 0 bridgehead atoms. The Morgan fingerprint density at radius 2 is 1.25 bits per heavy atom. The Morgan fingerprint density at radius 1 is 0.694 bits per heavy atom. The van der Waals surface area contributed by atoms with Crippen molar-refractivity contribution in [3.8, 4) is 0 Å². The lowest BCUT2D eigenvalue weighted by Crippen LogP contribution is -2.30. The second-order valence-electron chi connectivity index (χ2n) is 9.02. The molecule has 36 heavy (non-hydrogen) atoms. The lowest BCUT2D eigenvalue weighted by molar-refractivity contribution is 0.0729. The van der Waals surface area contributed by atoms with Gasteiger partial charge in [-0.05, 0) is 72.9 Å². The fourth-order valence-electron chi connectivity index (χ4n) is 4.03. The zero-order valence-corrected chi connectivity index (χ0v) is 21.5. The van der Waals surface area contributed by atoms with Gasteiger partial charge in [0.05, 0.1) is 4.90 Å². The van der Waals surface area contributed by atoms with Gasteiger partial charge in [0, 0.05) is 24.3 Å². The summed E-state index contributed by atoms with van der Waals surface area (Å²) in [6.07, 6.45) is 0. The normalized spacial score (nSPS) is 11.2. The second kappa shape index (κ2) is 10.8. The molecular weight excluding hydrogens is 468 g/mol. The van der Waals surface area contributed by atoms with Crippen LogP contribution in [0.4, 0.5) is 5.69 Å². The predicted molar refractivity (Wildman–Crippen MR) is 144 cm³/mol. The molecule has 4 aromatic carbocycles. The van der Waals surface area contributed by atoms with Gasteiger partial charge in [-0.25, -0.2) is 8.42 Å². The number of benzene rings is 4. The SMILES string of the molecule is Cc1ccc(NS(=O)(=O)c2cc(C(=O)N(Cc3ccccc3)Cc3ccccc3)ccc2C)cc1C. The van der Waals surface area contributed by atoms with Gasteiger partial charge in [0.1, 0.15) is 0 Å². The lowest BCUT2D eigenvalue weighted by Gasteiger charge is -2.24. The molecule has 184 valence electrons. The predicted octanol–water partition coefficient (Wildman–Crippen LogP) is 6.26. The minimum atomic E-state index is -3.89. The average Bonchev–Trinajstić information content (AvgIpc) is 2.87. The summed E-state index contributed by atoms with van der Waals surface area (Å²) in [5.74, 6) is -0.231. The Morgan fingerprint density at radius 3 is 1.81 bits per heavy atom. The first-order chi connectivity index (χ1) is 17.2. The number of anilines is 1. The quantitative estimate of drug-likeness (QED) is 0.312. The number of rotatable bonds is 8. The molecule has 0 unspecified atom stereocenters. The summed E-state index contributed by atoms with van der Waals surface area (Å²) in [7, 11) is -3.89. The number of sulfonamides is 1. The van der Waals surface area contributed by atoms with Gasteiger partial charge in [0.2, 0.25) is 0 Å². The van der Waals surface area contributed by atoms with Gasteiger partial charge < -0.3 is 4.90 Å². The number of carbonyl (C=O) groups is 1. The van der Waals surface area contributed by atoms with Crippen LogP contribution in [0, 0.1) is 20.8 Å². The van der Waals surface area contributed by atoms with Crippen LogP contribution in [-0.4, -0.2) is 19.2 Å².